The Morgan fingerprint density at radius 3 is 3.06 bits per heavy atom. The first-order valence-electron chi connectivity index (χ1n) is 4.76. The van der Waals surface area contributed by atoms with E-state index in [1.54, 1.807) is 18.0 Å². The number of rotatable bonds is 4. The van der Waals surface area contributed by atoms with Crippen molar-refractivity contribution in [3.8, 4) is 5.88 Å². The quantitative estimate of drug-likeness (QED) is 0.800. The Hall–Kier alpha value is -1.43. The molecule has 0 aliphatic carbocycles. The first-order chi connectivity index (χ1) is 7.83. The molecule has 0 saturated heterocycles. The number of nitrogens with zero attached hydrogens (tertiary/aromatic N) is 4. The van der Waals surface area contributed by atoms with Gasteiger partial charge in [-0.25, -0.2) is 9.67 Å². The second-order valence-electron chi connectivity index (χ2n) is 3.21. The van der Waals surface area contributed by atoms with Crippen LogP contribution in [0.3, 0.4) is 0 Å². The molecular formula is C10H11BrN4O. The highest BCUT2D eigenvalue weighted by molar-refractivity contribution is 9.08. The van der Waals surface area contributed by atoms with Gasteiger partial charge in [-0.05, 0) is 6.07 Å². The third-order valence-electron chi connectivity index (χ3n) is 2.10. The third kappa shape index (κ3) is 2.38. The van der Waals surface area contributed by atoms with Crippen LogP contribution in [0.25, 0.3) is 0 Å². The maximum Gasteiger partial charge on any atom is 0.218 e. The van der Waals surface area contributed by atoms with Crippen molar-refractivity contribution in [2.75, 3.05) is 7.11 Å². The molecule has 0 aromatic carbocycles. The minimum absolute atomic E-state index is 0.608. The minimum atomic E-state index is 0.608. The molecule has 6 heteroatoms. The van der Waals surface area contributed by atoms with Crippen LogP contribution >= 0.6 is 15.9 Å². The van der Waals surface area contributed by atoms with Crippen LogP contribution in [0.4, 0.5) is 0 Å². The average Bonchev–Trinajstić information content (AvgIpc) is 2.77. The summed E-state index contributed by atoms with van der Waals surface area (Å²) in [7, 11) is 1.61. The van der Waals surface area contributed by atoms with E-state index in [4.69, 9.17) is 4.74 Å². The number of aromatic nitrogens is 4. The smallest absolute Gasteiger partial charge is 0.218 e. The van der Waals surface area contributed by atoms with Gasteiger partial charge in [-0.1, -0.05) is 27.2 Å². The molecule has 0 radical (unpaired) electrons. The first kappa shape index (κ1) is 11.1. The maximum atomic E-state index is 5.17. The summed E-state index contributed by atoms with van der Waals surface area (Å²) in [5, 5.41) is 8.71. The molecule has 0 aliphatic rings. The Balaban J connectivity index is 2.19. The summed E-state index contributed by atoms with van der Waals surface area (Å²) in [5.74, 6) is 0.624. The van der Waals surface area contributed by atoms with E-state index in [9.17, 15) is 0 Å². The summed E-state index contributed by atoms with van der Waals surface area (Å²) < 4.78 is 6.93. The highest BCUT2D eigenvalue weighted by Crippen LogP contribution is 2.14. The summed E-state index contributed by atoms with van der Waals surface area (Å²) in [4.78, 5) is 4.13. The minimum Gasteiger partial charge on any atom is -0.481 e. The molecule has 5 nitrogen and oxygen atoms in total. The lowest BCUT2D eigenvalue weighted by Crippen LogP contribution is -2.03. The van der Waals surface area contributed by atoms with Gasteiger partial charge in [0.15, 0.2) is 0 Å². The van der Waals surface area contributed by atoms with Gasteiger partial charge in [0.25, 0.3) is 0 Å². The van der Waals surface area contributed by atoms with Gasteiger partial charge >= 0.3 is 0 Å². The van der Waals surface area contributed by atoms with Crippen molar-refractivity contribution in [1.29, 1.82) is 0 Å². The zero-order valence-corrected chi connectivity index (χ0v) is 10.4. The molecule has 0 amide bonds. The van der Waals surface area contributed by atoms with E-state index < -0.39 is 0 Å². The Morgan fingerprint density at radius 1 is 1.50 bits per heavy atom. The van der Waals surface area contributed by atoms with E-state index >= 15 is 0 Å². The van der Waals surface area contributed by atoms with Crippen molar-refractivity contribution >= 4 is 15.9 Å². The molecule has 0 unspecified atom stereocenters. The summed E-state index contributed by atoms with van der Waals surface area (Å²) in [6, 6.07) is 3.83. The fourth-order valence-electron chi connectivity index (χ4n) is 1.38. The number of pyridine rings is 1. The van der Waals surface area contributed by atoms with E-state index in [0.29, 0.717) is 17.8 Å². The predicted molar refractivity (Wildman–Crippen MR) is 62.5 cm³/mol. The molecule has 0 atom stereocenters. The summed E-state index contributed by atoms with van der Waals surface area (Å²) in [6.45, 7) is 0.608. The van der Waals surface area contributed by atoms with Crippen LogP contribution in [0.2, 0.25) is 0 Å². The van der Waals surface area contributed by atoms with Crippen LogP contribution in [-0.4, -0.2) is 27.1 Å². The summed E-state index contributed by atoms with van der Waals surface area (Å²) in [6.07, 6.45) is 3.59. The number of methoxy groups -OCH3 is 1. The Labute approximate surface area is 102 Å². The molecule has 0 saturated carbocycles. The lowest BCUT2D eigenvalue weighted by molar-refractivity contribution is 0.390. The molecular weight excluding hydrogens is 272 g/mol. The van der Waals surface area contributed by atoms with Crippen molar-refractivity contribution in [3.05, 3.63) is 35.8 Å². The number of halogens is 1. The normalized spacial score (nSPS) is 10.4. The van der Waals surface area contributed by atoms with Crippen molar-refractivity contribution in [2.24, 2.45) is 0 Å². The Bertz CT molecular complexity index is 471. The van der Waals surface area contributed by atoms with Crippen molar-refractivity contribution in [2.45, 2.75) is 11.9 Å². The van der Waals surface area contributed by atoms with Crippen LogP contribution in [-0.2, 0) is 11.9 Å². The largest absolute Gasteiger partial charge is 0.481 e. The molecule has 2 aromatic rings. The topological polar surface area (TPSA) is 52.8 Å². The van der Waals surface area contributed by atoms with Crippen LogP contribution in [0.15, 0.2) is 24.5 Å². The van der Waals surface area contributed by atoms with Crippen molar-refractivity contribution in [3.63, 3.8) is 0 Å². The molecule has 2 heterocycles. The number of alkyl halides is 1. The zero-order chi connectivity index (χ0) is 11.4. The molecule has 16 heavy (non-hydrogen) atoms. The highest BCUT2D eigenvalue weighted by Gasteiger charge is 2.05. The fourth-order valence-corrected chi connectivity index (χ4v) is 1.64. The average molecular weight is 283 g/mol. The van der Waals surface area contributed by atoms with Gasteiger partial charge in [0.2, 0.25) is 5.88 Å². The number of ether oxygens (including phenoxy) is 1. The molecule has 84 valence electrons. The lowest BCUT2D eigenvalue weighted by Gasteiger charge is -2.05. The molecule has 0 fully saturated rings. The monoisotopic (exact) mass is 282 g/mol. The molecule has 0 spiro atoms. The van der Waals surface area contributed by atoms with Gasteiger partial charge in [-0.15, -0.1) is 5.10 Å². The van der Waals surface area contributed by atoms with Gasteiger partial charge in [0.05, 0.1) is 19.3 Å². The van der Waals surface area contributed by atoms with Gasteiger partial charge in [0.1, 0.15) is 0 Å². The highest BCUT2D eigenvalue weighted by atomic mass is 79.9. The maximum absolute atomic E-state index is 5.17. The van der Waals surface area contributed by atoms with Gasteiger partial charge in [0, 0.05) is 23.3 Å². The van der Waals surface area contributed by atoms with Crippen LogP contribution in [0, 0.1) is 0 Å². The van der Waals surface area contributed by atoms with E-state index in [2.05, 4.69) is 31.2 Å². The Kier molecular flexibility index (Phi) is 3.51. The first-order valence-corrected chi connectivity index (χ1v) is 5.88. The van der Waals surface area contributed by atoms with Crippen molar-refractivity contribution < 1.29 is 4.74 Å². The second kappa shape index (κ2) is 5.07. The zero-order valence-electron chi connectivity index (χ0n) is 8.80. The van der Waals surface area contributed by atoms with Gasteiger partial charge in [-0.3, -0.25) is 0 Å². The van der Waals surface area contributed by atoms with Gasteiger partial charge < -0.3 is 4.74 Å². The van der Waals surface area contributed by atoms with Crippen LogP contribution < -0.4 is 4.74 Å². The molecule has 0 N–H and O–H groups in total. The molecule has 0 bridgehead atoms. The predicted octanol–water partition coefficient (Wildman–Crippen LogP) is 1.62. The number of hydrogen-bond acceptors (Lipinski definition) is 4. The Morgan fingerprint density at radius 2 is 2.38 bits per heavy atom. The van der Waals surface area contributed by atoms with E-state index in [1.165, 1.54) is 0 Å². The van der Waals surface area contributed by atoms with E-state index in [1.807, 2.05) is 18.3 Å². The number of hydrogen-bond donors (Lipinski definition) is 0. The standard InChI is InChI=1S/C10H11BrN4O/c1-16-10-8(3-2-4-12-10)6-15-7-9(5-11)13-14-15/h2-4,7H,5-6H2,1H3. The van der Waals surface area contributed by atoms with Crippen LogP contribution in [0.1, 0.15) is 11.3 Å². The summed E-state index contributed by atoms with van der Waals surface area (Å²) in [5.41, 5.74) is 1.89. The second-order valence-corrected chi connectivity index (χ2v) is 3.77. The summed E-state index contributed by atoms with van der Waals surface area (Å²) >= 11 is 3.33. The van der Waals surface area contributed by atoms with E-state index in [-0.39, 0.29) is 0 Å². The van der Waals surface area contributed by atoms with Crippen LogP contribution in [0.5, 0.6) is 5.88 Å². The molecule has 2 rings (SSSR count). The lowest BCUT2D eigenvalue weighted by atomic mass is 10.3. The fraction of sp³-hybridized carbons (Fsp3) is 0.300. The van der Waals surface area contributed by atoms with Crippen molar-refractivity contribution in [1.82, 2.24) is 20.0 Å². The third-order valence-corrected chi connectivity index (χ3v) is 2.67. The molecule has 0 aliphatic heterocycles. The SMILES string of the molecule is COc1ncccc1Cn1cc(CBr)nn1. The molecule has 2 aromatic heterocycles. The van der Waals surface area contributed by atoms with E-state index in [0.717, 1.165) is 11.3 Å². The van der Waals surface area contributed by atoms with Gasteiger partial charge in [-0.2, -0.15) is 0 Å².